The van der Waals surface area contributed by atoms with Crippen LogP contribution in [0.2, 0.25) is 0 Å². The molecule has 2 rings (SSSR count). The highest BCUT2D eigenvalue weighted by atomic mass is 16.2. The van der Waals surface area contributed by atoms with Gasteiger partial charge in [0.25, 0.3) is 0 Å². The maximum atomic E-state index is 12.1. The van der Waals surface area contributed by atoms with Crippen LogP contribution in [0.3, 0.4) is 0 Å². The summed E-state index contributed by atoms with van der Waals surface area (Å²) in [5.74, 6) is 0.694. The molecule has 1 heterocycles. The number of aryl methyl sites for hydroxylation is 1. The first kappa shape index (κ1) is 22.0. The summed E-state index contributed by atoms with van der Waals surface area (Å²) in [4.78, 5) is 12.1. The third kappa shape index (κ3) is 8.15. The van der Waals surface area contributed by atoms with Crippen LogP contribution in [-0.2, 0) is 7.05 Å². The van der Waals surface area contributed by atoms with Crippen LogP contribution >= 0.6 is 0 Å². The number of amides is 2. The molecule has 1 aromatic heterocycles. The number of carbonyl (C=O) groups excluding carboxylic acids is 1. The Labute approximate surface area is 169 Å². The van der Waals surface area contributed by atoms with Gasteiger partial charge in [-0.05, 0) is 6.42 Å². The highest BCUT2D eigenvalue weighted by Crippen LogP contribution is 2.20. The van der Waals surface area contributed by atoms with Crippen molar-refractivity contribution in [3.05, 3.63) is 36.4 Å². The van der Waals surface area contributed by atoms with Crippen molar-refractivity contribution in [3.8, 4) is 11.3 Å². The number of hydrogen-bond donors (Lipinski definition) is 2. The van der Waals surface area contributed by atoms with Crippen LogP contribution in [0.1, 0.15) is 71.1 Å². The van der Waals surface area contributed by atoms with Crippen LogP contribution in [0.25, 0.3) is 11.3 Å². The molecule has 5 nitrogen and oxygen atoms in total. The lowest BCUT2D eigenvalue weighted by molar-refractivity contribution is 0.251. The molecule has 2 N–H and O–H groups in total. The van der Waals surface area contributed by atoms with E-state index in [0.717, 1.165) is 17.7 Å². The monoisotopic (exact) mass is 384 g/mol. The molecule has 0 atom stereocenters. The van der Waals surface area contributed by atoms with E-state index in [1.807, 2.05) is 43.4 Å². The Morgan fingerprint density at radius 1 is 0.929 bits per heavy atom. The summed E-state index contributed by atoms with van der Waals surface area (Å²) in [7, 11) is 1.84. The van der Waals surface area contributed by atoms with Crippen LogP contribution in [0, 0.1) is 0 Å². The largest absolute Gasteiger partial charge is 0.338 e. The Kier molecular flexibility index (Phi) is 10.2. The minimum atomic E-state index is -0.168. The van der Waals surface area contributed by atoms with E-state index in [4.69, 9.17) is 0 Å². The molecule has 2 aromatic rings. The molecule has 1 aromatic carbocycles. The van der Waals surface area contributed by atoms with Gasteiger partial charge >= 0.3 is 6.03 Å². The van der Waals surface area contributed by atoms with E-state index in [0.29, 0.717) is 12.4 Å². The Morgan fingerprint density at radius 2 is 1.54 bits per heavy atom. The summed E-state index contributed by atoms with van der Waals surface area (Å²) >= 11 is 0. The molecule has 0 aliphatic heterocycles. The first-order valence-corrected chi connectivity index (χ1v) is 10.8. The van der Waals surface area contributed by atoms with Crippen LogP contribution in [-0.4, -0.2) is 22.4 Å². The normalized spacial score (nSPS) is 10.8. The zero-order valence-corrected chi connectivity index (χ0v) is 17.5. The van der Waals surface area contributed by atoms with Crippen LogP contribution in [0.5, 0.6) is 0 Å². The number of anilines is 1. The van der Waals surface area contributed by atoms with E-state index in [9.17, 15) is 4.79 Å². The fourth-order valence-corrected chi connectivity index (χ4v) is 3.31. The zero-order chi connectivity index (χ0) is 20.0. The number of nitrogens with zero attached hydrogens (tertiary/aromatic N) is 2. The van der Waals surface area contributed by atoms with Crippen molar-refractivity contribution in [1.29, 1.82) is 0 Å². The van der Waals surface area contributed by atoms with Gasteiger partial charge in [0.2, 0.25) is 0 Å². The average molecular weight is 385 g/mol. The molecule has 0 saturated carbocycles. The number of carbonyl (C=O) groups is 1. The Morgan fingerprint density at radius 3 is 2.18 bits per heavy atom. The van der Waals surface area contributed by atoms with Crippen molar-refractivity contribution in [2.75, 3.05) is 11.9 Å². The smallest absolute Gasteiger partial charge is 0.320 e. The molecular weight excluding hydrogens is 348 g/mol. The van der Waals surface area contributed by atoms with Crippen molar-refractivity contribution in [2.45, 2.75) is 71.1 Å². The number of unbranched alkanes of at least 4 members (excludes halogenated alkanes) is 9. The van der Waals surface area contributed by atoms with Gasteiger partial charge in [-0.15, -0.1) is 0 Å². The first-order valence-electron chi connectivity index (χ1n) is 10.8. The third-order valence-electron chi connectivity index (χ3n) is 5.01. The Hall–Kier alpha value is -2.30. The molecule has 0 bridgehead atoms. The molecule has 5 heteroatoms. The number of nitrogens with one attached hydrogen (secondary N) is 2. The molecule has 0 aliphatic rings. The fraction of sp³-hybridized carbons (Fsp3) is 0.565. The number of urea groups is 1. The predicted octanol–water partition coefficient (Wildman–Crippen LogP) is 6.13. The number of benzene rings is 1. The van der Waals surface area contributed by atoms with Crippen molar-refractivity contribution < 1.29 is 4.79 Å². The summed E-state index contributed by atoms with van der Waals surface area (Å²) < 4.78 is 1.70. The van der Waals surface area contributed by atoms with E-state index in [2.05, 4.69) is 22.7 Å². The van der Waals surface area contributed by atoms with E-state index >= 15 is 0 Å². The molecule has 2 amide bonds. The molecule has 28 heavy (non-hydrogen) atoms. The number of rotatable bonds is 13. The van der Waals surface area contributed by atoms with Gasteiger partial charge in [-0.2, -0.15) is 5.10 Å². The molecule has 0 spiro atoms. The van der Waals surface area contributed by atoms with Gasteiger partial charge in [0, 0.05) is 25.2 Å². The van der Waals surface area contributed by atoms with Crippen LogP contribution in [0.4, 0.5) is 10.6 Å². The minimum Gasteiger partial charge on any atom is -0.338 e. The third-order valence-corrected chi connectivity index (χ3v) is 5.01. The summed E-state index contributed by atoms with van der Waals surface area (Å²) in [6.45, 7) is 2.97. The first-order chi connectivity index (χ1) is 13.7. The van der Waals surface area contributed by atoms with Gasteiger partial charge in [-0.1, -0.05) is 95.0 Å². The van der Waals surface area contributed by atoms with E-state index in [-0.39, 0.29) is 6.03 Å². The highest BCUT2D eigenvalue weighted by Gasteiger charge is 2.09. The second-order valence-corrected chi connectivity index (χ2v) is 7.47. The molecular formula is C23H36N4O. The maximum absolute atomic E-state index is 12.1. The van der Waals surface area contributed by atoms with Crippen molar-refractivity contribution in [3.63, 3.8) is 0 Å². The van der Waals surface area contributed by atoms with Gasteiger partial charge in [0.1, 0.15) is 5.82 Å². The summed E-state index contributed by atoms with van der Waals surface area (Å²) in [6.07, 6.45) is 13.0. The van der Waals surface area contributed by atoms with Gasteiger partial charge in [-0.3, -0.25) is 10.00 Å². The maximum Gasteiger partial charge on any atom is 0.320 e. The van der Waals surface area contributed by atoms with Crippen molar-refractivity contribution in [2.24, 2.45) is 7.05 Å². The van der Waals surface area contributed by atoms with Crippen molar-refractivity contribution >= 4 is 11.8 Å². The minimum absolute atomic E-state index is 0.168. The van der Waals surface area contributed by atoms with Gasteiger partial charge in [-0.25, -0.2) is 4.79 Å². The molecule has 0 saturated heterocycles. The fourth-order valence-electron chi connectivity index (χ4n) is 3.31. The Balaban J connectivity index is 1.56. The number of hydrogen-bond acceptors (Lipinski definition) is 2. The molecule has 0 unspecified atom stereocenters. The zero-order valence-electron chi connectivity index (χ0n) is 17.5. The van der Waals surface area contributed by atoms with Crippen molar-refractivity contribution in [1.82, 2.24) is 15.1 Å². The lowest BCUT2D eigenvalue weighted by atomic mass is 10.1. The molecule has 0 radical (unpaired) electrons. The quantitative estimate of drug-likeness (QED) is 0.408. The Bertz CT molecular complexity index is 681. The highest BCUT2D eigenvalue weighted by molar-refractivity contribution is 5.89. The molecule has 0 aliphatic carbocycles. The predicted molar refractivity (Wildman–Crippen MR) is 118 cm³/mol. The van der Waals surface area contributed by atoms with E-state index in [1.54, 1.807) is 4.68 Å². The lowest BCUT2D eigenvalue weighted by Crippen LogP contribution is -2.30. The van der Waals surface area contributed by atoms with E-state index < -0.39 is 0 Å². The topological polar surface area (TPSA) is 59.0 Å². The van der Waals surface area contributed by atoms with Crippen LogP contribution < -0.4 is 10.6 Å². The summed E-state index contributed by atoms with van der Waals surface area (Å²) in [5, 5.41) is 10.3. The van der Waals surface area contributed by atoms with Gasteiger partial charge < -0.3 is 5.32 Å². The van der Waals surface area contributed by atoms with E-state index in [1.165, 1.54) is 57.8 Å². The second-order valence-electron chi connectivity index (χ2n) is 7.47. The van der Waals surface area contributed by atoms with Crippen LogP contribution in [0.15, 0.2) is 36.4 Å². The van der Waals surface area contributed by atoms with Gasteiger partial charge in [0.05, 0.1) is 5.69 Å². The summed E-state index contributed by atoms with van der Waals surface area (Å²) in [5.41, 5.74) is 1.89. The lowest BCUT2D eigenvalue weighted by Gasteiger charge is -2.07. The van der Waals surface area contributed by atoms with Gasteiger partial charge in [0.15, 0.2) is 0 Å². The standard InChI is InChI=1S/C23H36N4O/c1-3-4-5-6-7-8-9-10-11-15-18-24-23(28)25-22-19-21(26-27(22)2)20-16-13-12-14-17-20/h12-14,16-17,19H,3-11,15,18H2,1-2H3,(H2,24,25,28). The SMILES string of the molecule is CCCCCCCCCCCCNC(=O)Nc1cc(-c2ccccc2)nn1C. The molecule has 154 valence electrons. The molecule has 0 fully saturated rings. The average Bonchev–Trinajstić information content (AvgIpc) is 3.07. The number of aromatic nitrogens is 2. The summed E-state index contributed by atoms with van der Waals surface area (Å²) in [6, 6.07) is 11.7. The second kappa shape index (κ2) is 13.0.